The molecule has 1 unspecified atom stereocenters. The molecule has 0 spiro atoms. The summed E-state index contributed by atoms with van der Waals surface area (Å²) in [4.78, 5) is 24.0. The Morgan fingerprint density at radius 1 is 1.15 bits per heavy atom. The van der Waals surface area contributed by atoms with E-state index in [1.54, 1.807) is 13.3 Å². The second-order valence-corrected chi connectivity index (χ2v) is 8.48. The van der Waals surface area contributed by atoms with Crippen LogP contribution in [0.1, 0.15) is 18.4 Å². The lowest BCUT2D eigenvalue weighted by molar-refractivity contribution is -0.125. The summed E-state index contributed by atoms with van der Waals surface area (Å²) in [7, 11) is 1.64. The Hall–Kier alpha value is -3.32. The quantitative estimate of drug-likeness (QED) is 0.511. The van der Waals surface area contributed by atoms with E-state index in [1.165, 1.54) is 0 Å². The van der Waals surface area contributed by atoms with Crippen LogP contribution in [0.5, 0.6) is 5.75 Å². The molecule has 0 aliphatic carbocycles. The Morgan fingerprint density at radius 2 is 1.94 bits per heavy atom. The molecule has 2 heterocycles. The van der Waals surface area contributed by atoms with E-state index in [0.717, 1.165) is 47.8 Å². The van der Waals surface area contributed by atoms with Crippen LogP contribution in [0.4, 0.5) is 17.5 Å². The maximum Gasteiger partial charge on any atom is 0.227 e. The second kappa shape index (κ2) is 11.0. The van der Waals surface area contributed by atoms with Crippen LogP contribution in [-0.4, -0.2) is 42.6 Å². The predicted octanol–water partition coefficient (Wildman–Crippen LogP) is 4.46. The molecule has 0 saturated carbocycles. The van der Waals surface area contributed by atoms with Crippen LogP contribution in [0.15, 0.2) is 60.8 Å². The molecule has 1 atom stereocenters. The van der Waals surface area contributed by atoms with Gasteiger partial charge >= 0.3 is 0 Å². The third kappa shape index (κ3) is 6.35. The monoisotopic (exact) mass is 465 g/mol. The van der Waals surface area contributed by atoms with Crippen molar-refractivity contribution < 1.29 is 9.53 Å². The van der Waals surface area contributed by atoms with Crippen LogP contribution in [-0.2, 0) is 11.2 Å². The largest absolute Gasteiger partial charge is 0.497 e. The summed E-state index contributed by atoms with van der Waals surface area (Å²) in [5.41, 5.74) is 2.07. The number of anilines is 3. The van der Waals surface area contributed by atoms with E-state index in [0.29, 0.717) is 24.9 Å². The van der Waals surface area contributed by atoms with Gasteiger partial charge in [-0.15, -0.1) is 0 Å². The maximum atomic E-state index is 12.8. The highest BCUT2D eigenvalue weighted by molar-refractivity contribution is 6.30. The minimum Gasteiger partial charge on any atom is -0.497 e. The smallest absolute Gasteiger partial charge is 0.227 e. The Labute approximate surface area is 199 Å². The number of ether oxygens (including phenoxy) is 1. The first kappa shape index (κ1) is 22.9. The van der Waals surface area contributed by atoms with E-state index in [9.17, 15) is 4.79 Å². The van der Waals surface area contributed by atoms with Gasteiger partial charge in [-0.25, -0.2) is 4.98 Å². The van der Waals surface area contributed by atoms with Gasteiger partial charge in [0.15, 0.2) is 0 Å². The molecule has 1 amide bonds. The molecule has 1 fully saturated rings. The fourth-order valence-electron chi connectivity index (χ4n) is 3.89. The number of carbonyl (C=O) groups is 1. The third-order valence-electron chi connectivity index (χ3n) is 5.71. The molecule has 1 aliphatic rings. The number of benzene rings is 2. The van der Waals surface area contributed by atoms with Gasteiger partial charge in [0.25, 0.3) is 0 Å². The number of amides is 1. The number of rotatable bonds is 8. The van der Waals surface area contributed by atoms with Crippen LogP contribution >= 0.6 is 11.6 Å². The Bertz CT molecular complexity index is 1060. The Morgan fingerprint density at radius 3 is 2.70 bits per heavy atom. The summed E-state index contributed by atoms with van der Waals surface area (Å²) in [5.74, 6) is 2.15. The van der Waals surface area contributed by atoms with Crippen molar-refractivity contribution in [1.82, 2.24) is 15.3 Å². The van der Waals surface area contributed by atoms with Crippen molar-refractivity contribution in [3.8, 4) is 5.75 Å². The van der Waals surface area contributed by atoms with Gasteiger partial charge in [0.1, 0.15) is 11.6 Å². The summed E-state index contributed by atoms with van der Waals surface area (Å²) in [6, 6.07) is 17.2. The van der Waals surface area contributed by atoms with Crippen LogP contribution in [0.2, 0.25) is 5.02 Å². The molecule has 3 aromatic rings. The molecule has 2 N–H and O–H groups in total. The SMILES string of the molecule is COc1ccc(Nc2ccnc(N3CCCC(C(=O)NCCc4ccc(Cl)cc4)C3)n2)cc1. The van der Waals surface area contributed by atoms with Gasteiger partial charge in [-0.05, 0) is 67.3 Å². The first-order chi connectivity index (χ1) is 16.1. The first-order valence-electron chi connectivity index (χ1n) is 11.1. The molecule has 0 radical (unpaired) electrons. The van der Waals surface area contributed by atoms with Crippen LogP contribution in [0.3, 0.4) is 0 Å². The number of halogens is 1. The van der Waals surface area contributed by atoms with Crippen LogP contribution < -0.4 is 20.3 Å². The average Bonchev–Trinajstić information content (AvgIpc) is 2.86. The lowest BCUT2D eigenvalue weighted by atomic mass is 9.97. The highest BCUT2D eigenvalue weighted by Crippen LogP contribution is 2.23. The molecule has 7 nitrogen and oxygen atoms in total. The van der Waals surface area contributed by atoms with E-state index >= 15 is 0 Å². The van der Waals surface area contributed by atoms with Crippen molar-refractivity contribution in [1.29, 1.82) is 0 Å². The highest BCUT2D eigenvalue weighted by atomic mass is 35.5. The predicted molar refractivity (Wildman–Crippen MR) is 131 cm³/mol. The van der Waals surface area contributed by atoms with Gasteiger partial charge in [-0.2, -0.15) is 4.98 Å². The number of aromatic nitrogens is 2. The zero-order chi connectivity index (χ0) is 23.0. The minimum atomic E-state index is -0.0780. The van der Waals surface area contributed by atoms with Crippen LogP contribution in [0, 0.1) is 5.92 Å². The van der Waals surface area contributed by atoms with E-state index < -0.39 is 0 Å². The first-order valence-corrected chi connectivity index (χ1v) is 11.5. The van der Waals surface area contributed by atoms with Gasteiger partial charge in [0, 0.05) is 36.5 Å². The standard InChI is InChI=1S/C25H28ClN5O2/c1-33-22-10-8-21(9-11-22)29-23-13-15-28-25(30-23)31-16-2-3-19(17-31)24(32)27-14-12-18-4-6-20(26)7-5-18/h4-11,13,15,19H,2-3,12,14,16-17H2,1H3,(H,27,32)(H,28,29,30). The minimum absolute atomic E-state index is 0.0780. The van der Waals surface area contributed by atoms with Crippen molar-refractivity contribution in [2.45, 2.75) is 19.3 Å². The summed E-state index contributed by atoms with van der Waals surface area (Å²) in [6.45, 7) is 2.05. The van der Waals surface area contributed by atoms with Gasteiger partial charge < -0.3 is 20.3 Å². The Balaban J connectivity index is 1.32. The molecule has 1 saturated heterocycles. The van der Waals surface area contributed by atoms with Crippen molar-refractivity contribution in [3.63, 3.8) is 0 Å². The van der Waals surface area contributed by atoms with Crippen LogP contribution in [0.25, 0.3) is 0 Å². The molecular formula is C25H28ClN5O2. The molecule has 2 aromatic carbocycles. The van der Waals surface area contributed by atoms with Crippen molar-refractivity contribution in [3.05, 3.63) is 71.4 Å². The highest BCUT2D eigenvalue weighted by Gasteiger charge is 2.27. The Kier molecular flexibility index (Phi) is 7.62. The summed E-state index contributed by atoms with van der Waals surface area (Å²) in [6.07, 6.45) is 4.31. The topological polar surface area (TPSA) is 79.4 Å². The zero-order valence-electron chi connectivity index (χ0n) is 18.6. The normalized spacial score (nSPS) is 15.7. The van der Waals surface area contributed by atoms with Crippen molar-refractivity contribution in [2.24, 2.45) is 5.92 Å². The number of nitrogens with one attached hydrogen (secondary N) is 2. The van der Waals surface area contributed by atoms with E-state index in [1.807, 2.05) is 54.6 Å². The molecule has 1 aromatic heterocycles. The maximum absolute atomic E-state index is 12.8. The number of hydrogen-bond donors (Lipinski definition) is 2. The van der Waals surface area contributed by atoms with Crippen molar-refractivity contribution >= 4 is 35.0 Å². The van der Waals surface area contributed by atoms with Crippen molar-refractivity contribution in [2.75, 3.05) is 37.0 Å². The number of methoxy groups -OCH3 is 1. The number of piperidine rings is 1. The average molecular weight is 466 g/mol. The van der Waals surface area contributed by atoms with Gasteiger partial charge in [-0.3, -0.25) is 4.79 Å². The second-order valence-electron chi connectivity index (χ2n) is 8.05. The molecule has 33 heavy (non-hydrogen) atoms. The van der Waals surface area contributed by atoms with E-state index in [2.05, 4.69) is 25.5 Å². The summed E-state index contributed by atoms with van der Waals surface area (Å²) in [5, 5.41) is 7.09. The number of hydrogen-bond acceptors (Lipinski definition) is 6. The number of nitrogens with zero attached hydrogens (tertiary/aromatic N) is 3. The lowest BCUT2D eigenvalue weighted by Crippen LogP contribution is -2.44. The molecular weight excluding hydrogens is 438 g/mol. The van der Waals surface area contributed by atoms with Gasteiger partial charge in [0.05, 0.1) is 13.0 Å². The fourth-order valence-corrected chi connectivity index (χ4v) is 4.02. The fraction of sp³-hybridized carbons (Fsp3) is 0.320. The molecule has 4 rings (SSSR count). The van der Waals surface area contributed by atoms with Gasteiger partial charge in [-0.1, -0.05) is 23.7 Å². The van der Waals surface area contributed by atoms with E-state index in [-0.39, 0.29) is 11.8 Å². The summed E-state index contributed by atoms with van der Waals surface area (Å²) >= 11 is 5.93. The summed E-state index contributed by atoms with van der Waals surface area (Å²) < 4.78 is 5.20. The zero-order valence-corrected chi connectivity index (χ0v) is 19.4. The molecule has 8 heteroatoms. The number of carbonyl (C=O) groups excluding carboxylic acids is 1. The lowest BCUT2D eigenvalue weighted by Gasteiger charge is -2.32. The molecule has 172 valence electrons. The third-order valence-corrected chi connectivity index (χ3v) is 5.96. The van der Waals surface area contributed by atoms with Gasteiger partial charge in [0.2, 0.25) is 11.9 Å². The molecule has 1 aliphatic heterocycles. The molecule has 0 bridgehead atoms. The van der Waals surface area contributed by atoms with E-state index in [4.69, 9.17) is 16.3 Å².